The molecule has 0 rings (SSSR count). The van der Waals surface area contributed by atoms with Crippen LogP contribution in [0.2, 0.25) is 0 Å². The highest BCUT2D eigenvalue weighted by Gasteiger charge is 2.34. The van der Waals surface area contributed by atoms with Gasteiger partial charge in [-0.1, -0.05) is 6.08 Å². The molecule has 1 atom stereocenters. The van der Waals surface area contributed by atoms with E-state index in [1.807, 2.05) is 0 Å². The molecule has 0 saturated carbocycles. The fourth-order valence-corrected chi connectivity index (χ4v) is 3.32. The molecule has 0 fully saturated rings. The maximum absolute atomic E-state index is 12.1. The third-order valence-electron chi connectivity index (χ3n) is 1.77. The highest BCUT2D eigenvalue weighted by Crippen LogP contribution is 2.50. The normalized spacial score (nSPS) is 16.0. The highest BCUT2D eigenvalue weighted by atomic mass is 31.2. The zero-order valence-electron chi connectivity index (χ0n) is 9.73. The SMILES string of the molecule is C=CCC(C)(O)CP(=O)(OCC)OCC. The van der Waals surface area contributed by atoms with Crippen molar-refractivity contribution in [3.8, 4) is 0 Å². The molecule has 5 heteroatoms. The molecule has 0 bridgehead atoms. The summed E-state index contributed by atoms with van der Waals surface area (Å²) in [5, 5.41) is 9.90. The van der Waals surface area contributed by atoms with Gasteiger partial charge in [-0.2, -0.15) is 0 Å². The van der Waals surface area contributed by atoms with Crippen molar-refractivity contribution in [2.24, 2.45) is 0 Å². The van der Waals surface area contributed by atoms with Gasteiger partial charge >= 0.3 is 7.60 Å². The summed E-state index contributed by atoms with van der Waals surface area (Å²) in [6.07, 6.45) is 1.94. The molecule has 1 unspecified atom stereocenters. The van der Waals surface area contributed by atoms with Gasteiger partial charge < -0.3 is 14.2 Å². The number of aliphatic hydroxyl groups is 1. The lowest BCUT2D eigenvalue weighted by Gasteiger charge is -2.26. The molecule has 0 spiro atoms. The summed E-state index contributed by atoms with van der Waals surface area (Å²) in [4.78, 5) is 0. The molecule has 0 radical (unpaired) electrons. The van der Waals surface area contributed by atoms with Crippen LogP contribution in [0.25, 0.3) is 0 Å². The average Bonchev–Trinajstić information content (AvgIpc) is 2.02. The van der Waals surface area contributed by atoms with Crippen molar-refractivity contribution >= 4 is 7.60 Å². The van der Waals surface area contributed by atoms with E-state index in [0.717, 1.165) is 0 Å². The quantitative estimate of drug-likeness (QED) is 0.520. The van der Waals surface area contributed by atoms with Gasteiger partial charge in [0.1, 0.15) is 0 Å². The van der Waals surface area contributed by atoms with E-state index >= 15 is 0 Å². The summed E-state index contributed by atoms with van der Waals surface area (Å²) in [7, 11) is -3.17. The third-order valence-corrected chi connectivity index (χ3v) is 4.14. The lowest BCUT2D eigenvalue weighted by atomic mass is 10.1. The summed E-state index contributed by atoms with van der Waals surface area (Å²) in [5.74, 6) is 0. The second-order valence-corrected chi connectivity index (χ2v) is 5.65. The average molecular weight is 236 g/mol. The first kappa shape index (κ1) is 14.8. The fourth-order valence-electron chi connectivity index (χ4n) is 1.31. The Bertz CT molecular complexity index is 228. The molecule has 90 valence electrons. The second-order valence-electron chi connectivity index (χ2n) is 3.59. The molecule has 0 saturated heterocycles. The Labute approximate surface area is 91.8 Å². The lowest BCUT2D eigenvalue weighted by Crippen LogP contribution is -2.29. The van der Waals surface area contributed by atoms with Gasteiger partial charge in [-0.25, -0.2) is 0 Å². The summed E-state index contributed by atoms with van der Waals surface area (Å²) in [5.41, 5.74) is -1.10. The van der Waals surface area contributed by atoms with Crippen molar-refractivity contribution in [1.29, 1.82) is 0 Å². The van der Waals surface area contributed by atoms with E-state index in [-0.39, 0.29) is 6.16 Å². The predicted octanol–water partition coefficient (Wildman–Crippen LogP) is 2.58. The molecule has 0 aliphatic rings. The standard InChI is InChI=1S/C10H21O4P/c1-5-8-10(4,11)9-15(12,13-6-2)14-7-3/h5,11H,1,6-9H2,2-4H3. The Hall–Kier alpha value is -0.150. The molecular formula is C10H21O4P. The van der Waals surface area contributed by atoms with E-state index in [1.54, 1.807) is 26.8 Å². The van der Waals surface area contributed by atoms with E-state index < -0.39 is 13.2 Å². The molecule has 0 aromatic heterocycles. The Kier molecular flexibility index (Phi) is 6.37. The van der Waals surface area contributed by atoms with Crippen molar-refractivity contribution in [2.75, 3.05) is 19.4 Å². The van der Waals surface area contributed by atoms with Crippen molar-refractivity contribution in [1.82, 2.24) is 0 Å². The topological polar surface area (TPSA) is 55.8 Å². The van der Waals surface area contributed by atoms with Gasteiger partial charge in [-0.3, -0.25) is 4.57 Å². The number of hydrogen-bond acceptors (Lipinski definition) is 4. The van der Waals surface area contributed by atoms with Crippen LogP contribution in [0.3, 0.4) is 0 Å². The van der Waals surface area contributed by atoms with Crippen molar-refractivity contribution in [3.05, 3.63) is 12.7 Å². The predicted molar refractivity (Wildman–Crippen MR) is 61.2 cm³/mol. The van der Waals surface area contributed by atoms with Gasteiger partial charge in [0.25, 0.3) is 0 Å². The second kappa shape index (κ2) is 6.44. The maximum atomic E-state index is 12.1. The first-order valence-electron chi connectivity index (χ1n) is 5.10. The van der Waals surface area contributed by atoms with Crippen LogP contribution in [0, 0.1) is 0 Å². The number of rotatable bonds is 8. The monoisotopic (exact) mass is 236 g/mol. The van der Waals surface area contributed by atoms with Crippen molar-refractivity contribution < 1.29 is 18.7 Å². The van der Waals surface area contributed by atoms with Crippen LogP contribution in [-0.4, -0.2) is 30.1 Å². The molecule has 1 N–H and O–H groups in total. The minimum Gasteiger partial charge on any atom is -0.389 e. The van der Waals surface area contributed by atoms with Crippen molar-refractivity contribution in [2.45, 2.75) is 32.8 Å². The van der Waals surface area contributed by atoms with Crippen LogP contribution in [0.4, 0.5) is 0 Å². The molecule has 0 aliphatic carbocycles. The molecular weight excluding hydrogens is 215 g/mol. The summed E-state index contributed by atoms with van der Waals surface area (Å²) in [6.45, 7) is 9.23. The third kappa shape index (κ3) is 6.10. The summed E-state index contributed by atoms with van der Waals surface area (Å²) in [6, 6.07) is 0. The fraction of sp³-hybridized carbons (Fsp3) is 0.800. The summed E-state index contributed by atoms with van der Waals surface area (Å²) >= 11 is 0. The molecule has 0 aromatic rings. The molecule has 0 heterocycles. The molecule has 0 aliphatic heterocycles. The van der Waals surface area contributed by atoms with Gasteiger partial charge in [0, 0.05) is 0 Å². The van der Waals surface area contributed by atoms with Gasteiger partial charge in [0.05, 0.1) is 25.0 Å². The van der Waals surface area contributed by atoms with Gasteiger partial charge in [-0.05, 0) is 27.2 Å². The lowest BCUT2D eigenvalue weighted by molar-refractivity contribution is 0.0766. The van der Waals surface area contributed by atoms with Gasteiger partial charge in [0.15, 0.2) is 0 Å². The Balaban J connectivity index is 4.52. The van der Waals surface area contributed by atoms with Crippen LogP contribution in [0.1, 0.15) is 27.2 Å². The van der Waals surface area contributed by atoms with Crippen molar-refractivity contribution in [3.63, 3.8) is 0 Å². The van der Waals surface area contributed by atoms with E-state index in [2.05, 4.69) is 6.58 Å². The first-order valence-corrected chi connectivity index (χ1v) is 6.83. The Morgan fingerprint density at radius 2 is 1.87 bits per heavy atom. The molecule has 0 aromatic carbocycles. The van der Waals surface area contributed by atoms with E-state index in [1.165, 1.54) is 0 Å². The largest absolute Gasteiger partial charge is 0.389 e. The number of hydrogen-bond donors (Lipinski definition) is 1. The van der Waals surface area contributed by atoms with Crippen LogP contribution in [-0.2, 0) is 13.6 Å². The van der Waals surface area contributed by atoms with Gasteiger partial charge in [0.2, 0.25) is 0 Å². The zero-order chi connectivity index (χ0) is 11.9. The van der Waals surface area contributed by atoms with Crippen LogP contribution in [0.15, 0.2) is 12.7 Å². The van der Waals surface area contributed by atoms with Crippen LogP contribution < -0.4 is 0 Å². The molecule has 15 heavy (non-hydrogen) atoms. The minimum atomic E-state index is -3.17. The van der Waals surface area contributed by atoms with E-state index in [0.29, 0.717) is 19.6 Å². The van der Waals surface area contributed by atoms with E-state index in [4.69, 9.17) is 9.05 Å². The van der Waals surface area contributed by atoms with Crippen LogP contribution >= 0.6 is 7.60 Å². The van der Waals surface area contributed by atoms with Crippen LogP contribution in [0.5, 0.6) is 0 Å². The maximum Gasteiger partial charge on any atom is 0.333 e. The summed E-state index contributed by atoms with van der Waals surface area (Å²) < 4.78 is 22.2. The minimum absolute atomic E-state index is 0.00625. The van der Waals surface area contributed by atoms with E-state index in [9.17, 15) is 9.67 Å². The molecule has 0 amide bonds. The zero-order valence-corrected chi connectivity index (χ0v) is 10.6. The first-order chi connectivity index (χ1) is 6.89. The Morgan fingerprint density at radius 1 is 1.40 bits per heavy atom. The smallest absolute Gasteiger partial charge is 0.333 e. The Morgan fingerprint density at radius 3 is 2.20 bits per heavy atom. The molecule has 4 nitrogen and oxygen atoms in total. The highest BCUT2D eigenvalue weighted by molar-refractivity contribution is 7.53. The van der Waals surface area contributed by atoms with Gasteiger partial charge in [-0.15, -0.1) is 6.58 Å².